The molecule has 1 aromatic rings. The number of esters is 1. The second kappa shape index (κ2) is 9.05. The van der Waals surface area contributed by atoms with Gasteiger partial charge in [0.1, 0.15) is 0 Å². The van der Waals surface area contributed by atoms with E-state index in [0.29, 0.717) is 23.4 Å². The minimum absolute atomic E-state index is 0.117. The van der Waals surface area contributed by atoms with E-state index in [9.17, 15) is 9.59 Å². The number of ether oxygens (including phenoxy) is 1. The standard InChI is InChI=1S/C24H29NO3/c1-4-18-10-12-20(13-11-18)16-21-22(24(27)28-3)17(2)25(23(21)26)15-14-19-8-6-5-7-9-19/h8,10-13,16H,4-7,9,14-15H2,1-3H3/b21-16-. The Bertz CT molecular complexity index is 843. The fraction of sp³-hybridized carbons (Fsp3) is 0.417. The van der Waals surface area contributed by atoms with Crippen LogP contribution in [0.2, 0.25) is 0 Å². The van der Waals surface area contributed by atoms with E-state index >= 15 is 0 Å². The molecule has 1 aliphatic carbocycles. The van der Waals surface area contributed by atoms with Gasteiger partial charge in [0.2, 0.25) is 0 Å². The molecule has 0 atom stereocenters. The Morgan fingerprint density at radius 3 is 2.57 bits per heavy atom. The van der Waals surface area contributed by atoms with Gasteiger partial charge in [-0.05, 0) is 62.7 Å². The fourth-order valence-corrected chi connectivity index (χ4v) is 3.90. The van der Waals surface area contributed by atoms with E-state index in [2.05, 4.69) is 13.0 Å². The number of carbonyl (C=O) groups is 2. The first-order chi connectivity index (χ1) is 13.5. The SMILES string of the molecule is CCc1ccc(/C=C2\C(=O)N(CCC3=CCCCC3)C(C)=C2C(=O)OC)cc1. The van der Waals surface area contributed by atoms with Crippen molar-refractivity contribution in [3.63, 3.8) is 0 Å². The summed E-state index contributed by atoms with van der Waals surface area (Å²) in [5, 5.41) is 0. The average Bonchev–Trinajstić information content (AvgIpc) is 2.96. The Hall–Kier alpha value is -2.62. The van der Waals surface area contributed by atoms with Crippen molar-refractivity contribution in [2.75, 3.05) is 13.7 Å². The lowest BCUT2D eigenvalue weighted by molar-refractivity contribution is -0.136. The van der Waals surface area contributed by atoms with Gasteiger partial charge in [-0.15, -0.1) is 0 Å². The van der Waals surface area contributed by atoms with Crippen molar-refractivity contribution in [2.24, 2.45) is 0 Å². The van der Waals surface area contributed by atoms with Crippen molar-refractivity contribution in [3.8, 4) is 0 Å². The molecular weight excluding hydrogens is 350 g/mol. The minimum Gasteiger partial charge on any atom is -0.465 e. The molecule has 0 saturated heterocycles. The third-order valence-corrected chi connectivity index (χ3v) is 5.64. The van der Waals surface area contributed by atoms with Gasteiger partial charge in [-0.1, -0.05) is 42.8 Å². The van der Waals surface area contributed by atoms with Gasteiger partial charge in [-0.25, -0.2) is 4.79 Å². The normalized spacial score (nSPS) is 18.7. The summed E-state index contributed by atoms with van der Waals surface area (Å²) >= 11 is 0. The van der Waals surface area contributed by atoms with Crippen LogP contribution in [0, 0.1) is 0 Å². The van der Waals surface area contributed by atoms with E-state index in [0.717, 1.165) is 31.2 Å². The molecule has 0 radical (unpaired) electrons. The van der Waals surface area contributed by atoms with Crippen molar-refractivity contribution in [3.05, 3.63) is 63.9 Å². The van der Waals surface area contributed by atoms with Crippen LogP contribution in [0.1, 0.15) is 57.1 Å². The highest BCUT2D eigenvalue weighted by molar-refractivity contribution is 6.16. The van der Waals surface area contributed by atoms with Crippen LogP contribution in [0.15, 0.2) is 52.8 Å². The Kier molecular flexibility index (Phi) is 6.50. The monoisotopic (exact) mass is 379 g/mol. The van der Waals surface area contributed by atoms with Gasteiger partial charge >= 0.3 is 5.97 Å². The predicted molar refractivity (Wildman–Crippen MR) is 111 cm³/mol. The van der Waals surface area contributed by atoms with Crippen LogP contribution < -0.4 is 0 Å². The van der Waals surface area contributed by atoms with Gasteiger partial charge in [-0.2, -0.15) is 0 Å². The number of carbonyl (C=O) groups excluding carboxylic acids is 2. The second-order valence-electron chi connectivity index (χ2n) is 7.42. The Balaban J connectivity index is 1.88. The maximum atomic E-state index is 13.1. The zero-order valence-electron chi connectivity index (χ0n) is 17.1. The molecule has 3 rings (SSSR count). The summed E-state index contributed by atoms with van der Waals surface area (Å²) in [6, 6.07) is 8.07. The highest BCUT2D eigenvalue weighted by atomic mass is 16.5. The van der Waals surface area contributed by atoms with Gasteiger partial charge in [-0.3, -0.25) is 4.79 Å². The summed E-state index contributed by atoms with van der Waals surface area (Å²) in [5.41, 5.74) is 5.05. The number of amides is 1. The van der Waals surface area contributed by atoms with Crippen molar-refractivity contribution >= 4 is 18.0 Å². The van der Waals surface area contributed by atoms with Crippen molar-refractivity contribution < 1.29 is 14.3 Å². The van der Waals surface area contributed by atoms with Gasteiger partial charge in [0.15, 0.2) is 0 Å². The number of nitrogens with zero attached hydrogens (tertiary/aromatic N) is 1. The third-order valence-electron chi connectivity index (χ3n) is 5.64. The number of benzene rings is 1. The number of methoxy groups -OCH3 is 1. The summed E-state index contributed by atoms with van der Waals surface area (Å²) in [4.78, 5) is 27.3. The van der Waals surface area contributed by atoms with E-state index in [4.69, 9.17) is 4.74 Å². The lowest BCUT2D eigenvalue weighted by Crippen LogP contribution is -2.26. The topological polar surface area (TPSA) is 46.6 Å². The molecule has 0 bridgehead atoms. The lowest BCUT2D eigenvalue weighted by atomic mass is 9.97. The van der Waals surface area contributed by atoms with Gasteiger partial charge < -0.3 is 9.64 Å². The molecule has 0 spiro atoms. The highest BCUT2D eigenvalue weighted by Gasteiger charge is 2.36. The summed E-state index contributed by atoms with van der Waals surface area (Å²) < 4.78 is 4.97. The Labute approximate surface area is 167 Å². The number of rotatable bonds is 6. The molecule has 4 heteroatoms. The molecule has 0 fully saturated rings. The summed E-state index contributed by atoms with van der Waals surface area (Å²) in [6.45, 7) is 4.54. The molecule has 1 heterocycles. The molecule has 28 heavy (non-hydrogen) atoms. The van der Waals surface area contributed by atoms with E-state index < -0.39 is 5.97 Å². The van der Waals surface area contributed by atoms with Gasteiger partial charge in [0.05, 0.1) is 18.3 Å². The first-order valence-electron chi connectivity index (χ1n) is 10.1. The van der Waals surface area contributed by atoms with Gasteiger partial charge in [0, 0.05) is 12.2 Å². The molecule has 0 N–H and O–H groups in total. The van der Waals surface area contributed by atoms with E-state index in [1.54, 1.807) is 11.0 Å². The van der Waals surface area contributed by atoms with E-state index in [1.165, 1.54) is 31.1 Å². The number of hydrogen-bond donors (Lipinski definition) is 0. The van der Waals surface area contributed by atoms with Crippen molar-refractivity contribution in [2.45, 2.75) is 52.4 Å². The summed E-state index contributed by atoms with van der Waals surface area (Å²) in [6.07, 6.45) is 10.6. The quantitative estimate of drug-likeness (QED) is 0.405. The molecule has 1 aromatic carbocycles. The smallest absolute Gasteiger partial charge is 0.340 e. The van der Waals surface area contributed by atoms with Crippen molar-refractivity contribution in [1.82, 2.24) is 4.90 Å². The molecule has 0 unspecified atom stereocenters. The molecule has 0 saturated carbocycles. The second-order valence-corrected chi connectivity index (χ2v) is 7.42. The number of aryl methyl sites for hydroxylation is 1. The maximum Gasteiger partial charge on any atom is 0.340 e. The zero-order chi connectivity index (χ0) is 20.1. The van der Waals surface area contributed by atoms with Gasteiger partial charge in [0.25, 0.3) is 5.91 Å². The van der Waals surface area contributed by atoms with Crippen LogP contribution >= 0.6 is 0 Å². The minimum atomic E-state index is -0.457. The first-order valence-corrected chi connectivity index (χ1v) is 10.1. The molecule has 1 aliphatic heterocycles. The molecule has 2 aliphatic rings. The molecular formula is C24H29NO3. The average molecular weight is 380 g/mol. The molecule has 148 valence electrons. The third kappa shape index (κ3) is 4.27. The van der Waals surface area contributed by atoms with Crippen LogP contribution in [0.4, 0.5) is 0 Å². The highest BCUT2D eigenvalue weighted by Crippen LogP contribution is 2.32. The molecule has 4 nitrogen and oxygen atoms in total. The largest absolute Gasteiger partial charge is 0.465 e. The lowest BCUT2D eigenvalue weighted by Gasteiger charge is -2.20. The van der Waals surface area contributed by atoms with Crippen LogP contribution in [0.3, 0.4) is 0 Å². The van der Waals surface area contributed by atoms with Crippen molar-refractivity contribution in [1.29, 1.82) is 0 Å². The number of allylic oxidation sites excluding steroid dienone is 2. The fourth-order valence-electron chi connectivity index (χ4n) is 3.90. The van der Waals surface area contributed by atoms with E-state index in [1.807, 2.05) is 31.2 Å². The summed E-state index contributed by atoms with van der Waals surface area (Å²) in [7, 11) is 1.36. The zero-order valence-corrected chi connectivity index (χ0v) is 17.1. The van der Waals surface area contributed by atoms with Crippen LogP contribution in [0.5, 0.6) is 0 Å². The first kappa shape index (κ1) is 20.1. The van der Waals surface area contributed by atoms with Crippen LogP contribution in [-0.2, 0) is 20.7 Å². The number of hydrogen-bond acceptors (Lipinski definition) is 3. The van der Waals surface area contributed by atoms with Crippen LogP contribution in [-0.4, -0.2) is 30.4 Å². The van der Waals surface area contributed by atoms with Crippen LogP contribution in [0.25, 0.3) is 6.08 Å². The van der Waals surface area contributed by atoms with E-state index in [-0.39, 0.29) is 5.91 Å². The Morgan fingerprint density at radius 2 is 1.96 bits per heavy atom. The maximum absolute atomic E-state index is 13.1. The molecule has 1 amide bonds. The summed E-state index contributed by atoms with van der Waals surface area (Å²) in [5.74, 6) is -0.574. The molecule has 0 aromatic heterocycles. The predicted octanol–water partition coefficient (Wildman–Crippen LogP) is 4.81. The Morgan fingerprint density at radius 1 is 1.21 bits per heavy atom.